The van der Waals surface area contributed by atoms with E-state index in [2.05, 4.69) is 10.1 Å². The monoisotopic (exact) mass is 396 g/mol. The third kappa shape index (κ3) is 3.62. The first-order valence-corrected chi connectivity index (χ1v) is 8.18. The number of nitrogens with zero attached hydrogens (tertiary/aromatic N) is 3. The summed E-state index contributed by atoms with van der Waals surface area (Å²) in [6.45, 7) is 2.52. The number of benzene rings is 1. The molecule has 28 heavy (non-hydrogen) atoms. The van der Waals surface area contributed by atoms with E-state index in [-0.39, 0.29) is 11.2 Å². The lowest BCUT2D eigenvalue weighted by molar-refractivity contribution is -0.149. The molecule has 148 valence electrons. The lowest BCUT2D eigenvalue weighted by atomic mass is 10.1. The number of methoxy groups -OCH3 is 1. The number of hydrogen-bond acceptors (Lipinski definition) is 4. The van der Waals surface area contributed by atoms with E-state index in [9.17, 15) is 22.4 Å². The Morgan fingerprint density at radius 2 is 2.00 bits per heavy atom. The van der Waals surface area contributed by atoms with E-state index in [1.165, 1.54) is 29.8 Å². The molecule has 0 saturated carbocycles. The highest BCUT2D eigenvalue weighted by Gasteiger charge is 2.37. The maximum atomic E-state index is 13.7. The highest BCUT2D eigenvalue weighted by molar-refractivity contribution is 6.00. The standard InChI is InChI=1S/C18H16F4N4O2/c1-9-6-14(12-7-11(19)4-5-15(12)28-3)25-16-13(8-23-26(9)16)17(27)24-10(2)18(20,21)22/h4-8,10H,1-3H3,(H,24,27)/t10-/m0/s1. The van der Waals surface area contributed by atoms with Crippen LogP contribution in [0.3, 0.4) is 0 Å². The number of fused-ring (bicyclic) bond motifs is 1. The summed E-state index contributed by atoms with van der Waals surface area (Å²) in [5, 5.41) is 5.89. The molecule has 0 aliphatic carbocycles. The minimum Gasteiger partial charge on any atom is -0.496 e. The molecule has 1 atom stereocenters. The molecule has 1 aromatic carbocycles. The van der Waals surface area contributed by atoms with E-state index >= 15 is 0 Å². The van der Waals surface area contributed by atoms with Gasteiger partial charge in [-0.15, -0.1) is 0 Å². The fourth-order valence-electron chi connectivity index (χ4n) is 2.65. The fraction of sp³-hybridized carbons (Fsp3) is 0.278. The second kappa shape index (κ2) is 7.10. The number of carbonyl (C=O) groups excluding carboxylic acids is 1. The summed E-state index contributed by atoms with van der Waals surface area (Å²) in [6.07, 6.45) is -3.44. The van der Waals surface area contributed by atoms with Crippen LogP contribution in [0.1, 0.15) is 23.0 Å². The van der Waals surface area contributed by atoms with Crippen LogP contribution < -0.4 is 10.1 Å². The summed E-state index contributed by atoms with van der Waals surface area (Å²) in [4.78, 5) is 16.6. The molecule has 1 amide bonds. The number of ether oxygens (including phenoxy) is 1. The van der Waals surface area contributed by atoms with E-state index in [0.717, 1.165) is 13.1 Å². The Hall–Kier alpha value is -3.17. The number of amides is 1. The van der Waals surface area contributed by atoms with Crippen LogP contribution in [0.4, 0.5) is 17.6 Å². The summed E-state index contributed by atoms with van der Waals surface area (Å²) in [5.74, 6) is -1.12. The van der Waals surface area contributed by atoms with Crippen LogP contribution in [-0.2, 0) is 0 Å². The zero-order valence-electron chi connectivity index (χ0n) is 15.1. The molecule has 0 aliphatic heterocycles. The number of alkyl halides is 3. The Kier molecular flexibility index (Phi) is 4.97. The van der Waals surface area contributed by atoms with Crippen molar-refractivity contribution in [2.45, 2.75) is 26.1 Å². The normalized spacial score (nSPS) is 12.8. The van der Waals surface area contributed by atoms with Gasteiger partial charge in [-0.3, -0.25) is 4.79 Å². The van der Waals surface area contributed by atoms with Gasteiger partial charge in [-0.1, -0.05) is 0 Å². The molecule has 0 aliphatic rings. The number of aryl methyl sites for hydroxylation is 1. The van der Waals surface area contributed by atoms with Gasteiger partial charge in [0.05, 0.1) is 19.0 Å². The van der Waals surface area contributed by atoms with Crippen LogP contribution in [0.2, 0.25) is 0 Å². The largest absolute Gasteiger partial charge is 0.496 e. The molecule has 2 aromatic heterocycles. The van der Waals surface area contributed by atoms with Crippen molar-refractivity contribution >= 4 is 11.6 Å². The minimum absolute atomic E-state index is 0.0492. The van der Waals surface area contributed by atoms with Crippen molar-refractivity contribution in [3.63, 3.8) is 0 Å². The van der Waals surface area contributed by atoms with Gasteiger partial charge < -0.3 is 10.1 Å². The summed E-state index contributed by atoms with van der Waals surface area (Å²) < 4.78 is 58.5. The molecule has 1 N–H and O–H groups in total. The Bertz CT molecular complexity index is 1050. The van der Waals surface area contributed by atoms with Crippen LogP contribution in [0, 0.1) is 12.7 Å². The molecule has 0 unspecified atom stereocenters. The third-order valence-electron chi connectivity index (χ3n) is 4.17. The SMILES string of the molecule is COc1ccc(F)cc1-c1cc(C)n2ncc(C(=O)N[C@@H](C)C(F)(F)F)c2n1. The Morgan fingerprint density at radius 3 is 2.64 bits per heavy atom. The first-order valence-electron chi connectivity index (χ1n) is 8.18. The summed E-state index contributed by atoms with van der Waals surface area (Å²) >= 11 is 0. The van der Waals surface area contributed by atoms with E-state index in [0.29, 0.717) is 22.7 Å². The number of hydrogen-bond donors (Lipinski definition) is 1. The maximum Gasteiger partial charge on any atom is 0.408 e. The van der Waals surface area contributed by atoms with Gasteiger partial charge in [0.1, 0.15) is 23.2 Å². The molecule has 0 saturated heterocycles. The number of rotatable bonds is 4. The maximum absolute atomic E-state index is 13.7. The number of carbonyl (C=O) groups is 1. The van der Waals surface area contributed by atoms with Crippen molar-refractivity contribution in [1.82, 2.24) is 19.9 Å². The molecule has 0 spiro atoms. The van der Waals surface area contributed by atoms with Gasteiger partial charge in [0, 0.05) is 11.3 Å². The Morgan fingerprint density at radius 1 is 1.29 bits per heavy atom. The van der Waals surface area contributed by atoms with Crippen molar-refractivity contribution in [2.24, 2.45) is 0 Å². The topological polar surface area (TPSA) is 68.5 Å². The summed E-state index contributed by atoms with van der Waals surface area (Å²) in [7, 11) is 1.42. The highest BCUT2D eigenvalue weighted by Crippen LogP contribution is 2.30. The van der Waals surface area contributed by atoms with Crippen molar-refractivity contribution in [3.05, 3.63) is 47.5 Å². The van der Waals surface area contributed by atoms with Gasteiger partial charge >= 0.3 is 6.18 Å². The summed E-state index contributed by atoms with van der Waals surface area (Å²) in [5.41, 5.74) is 1.10. The molecule has 2 heterocycles. The van der Waals surface area contributed by atoms with E-state index in [1.54, 1.807) is 13.0 Å². The molecule has 3 rings (SSSR count). The van der Waals surface area contributed by atoms with Crippen molar-refractivity contribution in [3.8, 4) is 17.0 Å². The molecule has 10 heteroatoms. The first kappa shape index (κ1) is 19.6. The molecule has 6 nitrogen and oxygen atoms in total. The van der Waals surface area contributed by atoms with Crippen molar-refractivity contribution < 1.29 is 27.1 Å². The number of aromatic nitrogens is 3. The van der Waals surface area contributed by atoms with E-state index < -0.39 is 23.9 Å². The molecular formula is C18H16F4N4O2. The zero-order valence-corrected chi connectivity index (χ0v) is 15.1. The van der Waals surface area contributed by atoms with Crippen LogP contribution in [0.15, 0.2) is 30.5 Å². The van der Waals surface area contributed by atoms with Crippen molar-refractivity contribution in [2.75, 3.05) is 7.11 Å². The van der Waals surface area contributed by atoms with Crippen LogP contribution in [0.5, 0.6) is 5.75 Å². The van der Waals surface area contributed by atoms with Gasteiger partial charge in [-0.05, 0) is 38.1 Å². The van der Waals surface area contributed by atoms with Gasteiger partial charge in [-0.2, -0.15) is 18.3 Å². The van der Waals surface area contributed by atoms with Crippen molar-refractivity contribution in [1.29, 1.82) is 0 Å². The van der Waals surface area contributed by atoms with Crippen LogP contribution in [0.25, 0.3) is 16.9 Å². The third-order valence-corrected chi connectivity index (χ3v) is 4.17. The second-order valence-corrected chi connectivity index (χ2v) is 6.16. The highest BCUT2D eigenvalue weighted by atomic mass is 19.4. The lowest BCUT2D eigenvalue weighted by Crippen LogP contribution is -2.43. The second-order valence-electron chi connectivity index (χ2n) is 6.16. The lowest BCUT2D eigenvalue weighted by Gasteiger charge is -2.16. The quantitative estimate of drug-likeness (QED) is 0.685. The predicted molar refractivity (Wildman–Crippen MR) is 92.7 cm³/mol. The summed E-state index contributed by atoms with van der Waals surface area (Å²) in [6, 6.07) is 3.45. The Balaban J connectivity index is 2.09. The smallest absolute Gasteiger partial charge is 0.408 e. The Labute approximate surface area is 157 Å². The molecule has 0 fully saturated rings. The molecule has 3 aromatic rings. The molecular weight excluding hydrogens is 380 g/mol. The van der Waals surface area contributed by atoms with Gasteiger partial charge in [0.2, 0.25) is 0 Å². The zero-order chi connectivity index (χ0) is 20.6. The van der Waals surface area contributed by atoms with Crippen LogP contribution in [-0.4, -0.2) is 39.8 Å². The van der Waals surface area contributed by atoms with Gasteiger partial charge in [0.15, 0.2) is 5.65 Å². The van der Waals surface area contributed by atoms with Gasteiger partial charge in [0.25, 0.3) is 5.91 Å². The predicted octanol–water partition coefficient (Wildman–Crippen LogP) is 3.53. The average Bonchev–Trinajstić information content (AvgIpc) is 3.05. The van der Waals surface area contributed by atoms with Crippen LogP contribution >= 0.6 is 0 Å². The van der Waals surface area contributed by atoms with Gasteiger partial charge in [-0.25, -0.2) is 13.9 Å². The number of nitrogens with one attached hydrogen (secondary N) is 1. The minimum atomic E-state index is -4.58. The van der Waals surface area contributed by atoms with E-state index in [4.69, 9.17) is 4.74 Å². The fourth-order valence-corrected chi connectivity index (χ4v) is 2.65. The first-order chi connectivity index (χ1) is 13.1. The average molecular weight is 396 g/mol. The number of halogens is 4. The molecule has 0 bridgehead atoms. The molecule has 0 radical (unpaired) electrons. The van der Waals surface area contributed by atoms with E-state index in [1.807, 2.05) is 5.32 Å².